The molecule has 0 spiro atoms. The summed E-state index contributed by atoms with van der Waals surface area (Å²) in [7, 11) is 0. The Balaban J connectivity index is 1.76. The average Bonchev–Trinajstić information content (AvgIpc) is 3.17. The number of nitrogens with one attached hydrogen (secondary N) is 2. The topological polar surface area (TPSA) is 66.5 Å². The summed E-state index contributed by atoms with van der Waals surface area (Å²) in [6.07, 6.45) is 8.65. The number of H-pyrrole nitrogens is 1. The fraction of sp³-hybridized carbons (Fsp3) is 0.235. The summed E-state index contributed by atoms with van der Waals surface area (Å²) < 4.78 is 1.24. The minimum atomic E-state index is 0.358. The number of hydrogen-bond donors (Lipinski definition) is 2. The molecule has 1 unspecified atom stereocenters. The van der Waals surface area contributed by atoms with Crippen LogP contribution in [-0.2, 0) is 0 Å². The van der Waals surface area contributed by atoms with Crippen LogP contribution in [0.4, 0.5) is 5.95 Å². The lowest BCUT2D eigenvalue weighted by molar-refractivity contribution is 0.754. The van der Waals surface area contributed by atoms with Gasteiger partial charge in [-0.05, 0) is 25.5 Å². The van der Waals surface area contributed by atoms with Gasteiger partial charge in [0.1, 0.15) is 5.65 Å². The first-order chi connectivity index (χ1) is 11.2. The molecule has 4 aromatic heterocycles. The zero-order valence-corrected chi connectivity index (χ0v) is 13.8. The molecular formula is C17H17N5S. The Labute approximate surface area is 137 Å². The molecule has 1 atom stereocenters. The van der Waals surface area contributed by atoms with Gasteiger partial charge in [0.15, 0.2) is 0 Å². The van der Waals surface area contributed by atoms with E-state index in [-0.39, 0.29) is 0 Å². The summed E-state index contributed by atoms with van der Waals surface area (Å²) in [5.74, 6) is 0.667. The van der Waals surface area contributed by atoms with Crippen LogP contribution in [0.2, 0.25) is 0 Å². The molecule has 23 heavy (non-hydrogen) atoms. The van der Waals surface area contributed by atoms with Gasteiger partial charge in [-0.3, -0.25) is 4.98 Å². The second-order valence-corrected chi connectivity index (χ2v) is 6.72. The molecule has 5 nitrogen and oxygen atoms in total. The third-order valence-electron chi connectivity index (χ3n) is 4.00. The summed E-state index contributed by atoms with van der Waals surface area (Å²) >= 11 is 1.76. The largest absolute Gasteiger partial charge is 0.352 e. The van der Waals surface area contributed by atoms with E-state index >= 15 is 0 Å². The SMILES string of the molecule is CCC(C)Nc1ncc2c(-c3cc4cnccc4s3)c[nH]c2n1. The standard InChI is InChI=1S/C17H17N5S/c1-3-10(2)21-17-20-9-13-12(8-19-16(13)22-17)15-6-11-7-18-5-4-14(11)23-15/h4-10H,3H2,1-2H3,(H2,19,20,21,22). The van der Waals surface area contributed by atoms with Crippen molar-refractivity contribution in [2.24, 2.45) is 0 Å². The van der Waals surface area contributed by atoms with Gasteiger partial charge in [-0.2, -0.15) is 4.98 Å². The van der Waals surface area contributed by atoms with Crippen molar-refractivity contribution in [2.75, 3.05) is 5.32 Å². The monoisotopic (exact) mass is 323 g/mol. The van der Waals surface area contributed by atoms with E-state index in [1.165, 1.54) is 9.58 Å². The summed E-state index contributed by atoms with van der Waals surface area (Å²) in [4.78, 5) is 17.7. The van der Waals surface area contributed by atoms with Gasteiger partial charge in [0.25, 0.3) is 0 Å². The van der Waals surface area contributed by atoms with Crippen LogP contribution in [0.3, 0.4) is 0 Å². The predicted molar refractivity (Wildman–Crippen MR) is 95.9 cm³/mol. The first-order valence-corrected chi connectivity index (χ1v) is 8.51. The summed E-state index contributed by atoms with van der Waals surface area (Å²) in [5.41, 5.74) is 1.99. The highest BCUT2D eigenvalue weighted by atomic mass is 32.1. The zero-order valence-electron chi connectivity index (χ0n) is 13.0. The third kappa shape index (κ3) is 2.55. The maximum Gasteiger partial charge on any atom is 0.224 e. The molecule has 0 aliphatic carbocycles. The van der Waals surface area contributed by atoms with Gasteiger partial charge in [0.2, 0.25) is 5.95 Å². The van der Waals surface area contributed by atoms with E-state index in [4.69, 9.17) is 0 Å². The molecule has 4 aromatic rings. The van der Waals surface area contributed by atoms with Crippen LogP contribution in [0.5, 0.6) is 0 Å². The van der Waals surface area contributed by atoms with E-state index < -0.39 is 0 Å². The molecule has 116 valence electrons. The minimum Gasteiger partial charge on any atom is -0.352 e. The van der Waals surface area contributed by atoms with E-state index in [1.54, 1.807) is 11.3 Å². The molecule has 0 fully saturated rings. The van der Waals surface area contributed by atoms with Crippen molar-refractivity contribution in [2.45, 2.75) is 26.3 Å². The van der Waals surface area contributed by atoms with Crippen LogP contribution in [0.25, 0.3) is 31.6 Å². The number of thiophene rings is 1. The molecule has 2 N–H and O–H groups in total. The second-order valence-electron chi connectivity index (χ2n) is 5.64. The maximum atomic E-state index is 4.58. The van der Waals surface area contributed by atoms with Crippen LogP contribution in [0.1, 0.15) is 20.3 Å². The number of rotatable bonds is 4. The lowest BCUT2D eigenvalue weighted by atomic mass is 10.2. The molecular weight excluding hydrogens is 306 g/mol. The van der Waals surface area contributed by atoms with Crippen LogP contribution >= 0.6 is 11.3 Å². The van der Waals surface area contributed by atoms with E-state index in [1.807, 2.05) is 30.9 Å². The quantitative estimate of drug-likeness (QED) is 0.582. The fourth-order valence-electron chi connectivity index (χ4n) is 2.52. The molecule has 0 amide bonds. The van der Waals surface area contributed by atoms with E-state index in [0.717, 1.165) is 28.4 Å². The van der Waals surface area contributed by atoms with Gasteiger partial charge in [-0.25, -0.2) is 4.98 Å². The highest BCUT2D eigenvalue weighted by Gasteiger charge is 2.12. The number of anilines is 1. The summed E-state index contributed by atoms with van der Waals surface area (Å²) in [5, 5.41) is 5.51. The van der Waals surface area contributed by atoms with Crippen LogP contribution in [-0.4, -0.2) is 26.0 Å². The van der Waals surface area contributed by atoms with Gasteiger partial charge < -0.3 is 10.3 Å². The maximum absolute atomic E-state index is 4.58. The normalized spacial score (nSPS) is 12.8. The van der Waals surface area contributed by atoms with E-state index in [9.17, 15) is 0 Å². The number of fused-ring (bicyclic) bond motifs is 2. The number of nitrogens with zero attached hydrogens (tertiary/aromatic N) is 3. The minimum absolute atomic E-state index is 0.358. The highest BCUT2D eigenvalue weighted by molar-refractivity contribution is 7.22. The van der Waals surface area contributed by atoms with Gasteiger partial charge in [0.05, 0.1) is 0 Å². The van der Waals surface area contributed by atoms with E-state index in [2.05, 4.69) is 45.2 Å². The molecule has 0 aliphatic heterocycles. The Kier molecular flexibility index (Phi) is 3.46. The Morgan fingerprint density at radius 1 is 1.35 bits per heavy atom. The zero-order chi connectivity index (χ0) is 15.8. The Morgan fingerprint density at radius 3 is 3.09 bits per heavy atom. The molecule has 0 bridgehead atoms. The number of aromatic nitrogens is 4. The van der Waals surface area contributed by atoms with Crippen molar-refractivity contribution < 1.29 is 0 Å². The molecule has 4 rings (SSSR count). The molecule has 0 saturated heterocycles. The molecule has 0 aromatic carbocycles. The fourth-order valence-corrected chi connectivity index (χ4v) is 3.58. The number of hydrogen-bond acceptors (Lipinski definition) is 5. The molecule has 0 radical (unpaired) electrons. The van der Waals surface area contributed by atoms with Crippen molar-refractivity contribution in [3.8, 4) is 10.4 Å². The lowest BCUT2D eigenvalue weighted by Crippen LogP contribution is -2.15. The van der Waals surface area contributed by atoms with Gasteiger partial charge >= 0.3 is 0 Å². The second kappa shape index (κ2) is 5.62. The van der Waals surface area contributed by atoms with Crippen LogP contribution in [0.15, 0.2) is 36.9 Å². The smallest absolute Gasteiger partial charge is 0.224 e. The highest BCUT2D eigenvalue weighted by Crippen LogP contribution is 2.36. The van der Waals surface area contributed by atoms with E-state index in [0.29, 0.717) is 12.0 Å². The van der Waals surface area contributed by atoms with Crippen molar-refractivity contribution in [1.29, 1.82) is 0 Å². The summed E-state index contributed by atoms with van der Waals surface area (Å²) in [6, 6.07) is 4.57. The Hall–Kier alpha value is -2.47. The molecule has 0 saturated carbocycles. The van der Waals surface area contributed by atoms with Crippen LogP contribution in [0, 0.1) is 0 Å². The Morgan fingerprint density at radius 2 is 2.26 bits per heavy atom. The number of aromatic amines is 1. The first kappa shape index (κ1) is 14.1. The first-order valence-electron chi connectivity index (χ1n) is 7.69. The Bertz CT molecular complexity index is 938. The molecule has 0 aliphatic rings. The van der Waals surface area contributed by atoms with Crippen molar-refractivity contribution >= 4 is 38.4 Å². The van der Waals surface area contributed by atoms with Crippen molar-refractivity contribution in [3.05, 3.63) is 36.9 Å². The number of pyridine rings is 1. The third-order valence-corrected chi connectivity index (χ3v) is 5.15. The van der Waals surface area contributed by atoms with Crippen molar-refractivity contribution in [1.82, 2.24) is 19.9 Å². The molecule has 4 heterocycles. The lowest BCUT2D eigenvalue weighted by Gasteiger charge is -2.10. The van der Waals surface area contributed by atoms with Gasteiger partial charge in [0, 0.05) is 56.7 Å². The summed E-state index contributed by atoms with van der Waals surface area (Å²) in [6.45, 7) is 4.26. The predicted octanol–water partition coefficient (Wildman–Crippen LogP) is 4.45. The molecule has 6 heteroatoms. The van der Waals surface area contributed by atoms with Crippen molar-refractivity contribution in [3.63, 3.8) is 0 Å². The average molecular weight is 323 g/mol. The van der Waals surface area contributed by atoms with Gasteiger partial charge in [-0.15, -0.1) is 11.3 Å². The van der Waals surface area contributed by atoms with Gasteiger partial charge in [-0.1, -0.05) is 6.92 Å². The van der Waals surface area contributed by atoms with Crippen LogP contribution < -0.4 is 5.32 Å².